The molecule has 8 nitrogen and oxygen atoms in total. The maximum Gasteiger partial charge on any atom is 0.258 e. The van der Waals surface area contributed by atoms with Gasteiger partial charge < -0.3 is 24.4 Å². The van der Waals surface area contributed by atoms with E-state index >= 15 is 0 Å². The van der Waals surface area contributed by atoms with Crippen molar-refractivity contribution < 1.29 is 19.5 Å². The highest BCUT2D eigenvalue weighted by atomic mass is 35.5. The molecule has 0 saturated carbocycles. The summed E-state index contributed by atoms with van der Waals surface area (Å²) in [5, 5.41) is 32.7. The first-order valence-corrected chi connectivity index (χ1v) is 11.6. The number of β-amino-alcohol motifs (C(OH)–C–C–N with tert-alkyl or cyclic N) is 1. The zero-order chi connectivity index (χ0) is 24.2. The van der Waals surface area contributed by atoms with Crippen LogP contribution in [0.3, 0.4) is 0 Å². The fourth-order valence-corrected chi connectivity index (χ4v) is 4.39. The zero-order valence-electron chi connectivity index (χ0n) is 20.2. The van der Waals surface area contributed by atoms with Crippen LogP contribution in [0, 0.1) is 18.3 Å². The summed E-state index contributed by atoms with van der Waals surface area (Å²) in [7, 11) is 0. The van der Waals surface area contributed by atoms with Crippen LogP contribution in [0.5, 0.6) is 5.75 Å². The molecule has 1 atom stereocenters. The normalized spacial score (nSPS) is 14.5. The SMILES string of the molecule is Cc1c(-c2noc(-c3ccc(OC(C)C)c(C#N)c3)n2)ccc2c1CCN(C[C@H](O)CO)CC2.Cl. The Morgan fingerprint density at radius 1 is 1.20 bits per heavy atom. The number of ether oxygens (including phenoxy) is 1. The van der Waals surface area contributed by atoms with Gasteiger partial charge in [0.1, 0.15) is 11.8 Å². The second-order valence-corrected chi connectivity index (χ2v) is 8.93. The van der Waals surface area contributed by atoms with Crippen LogP contribution in [0.4, 0.5) is 0 Å². The Hall–Kier alpha value is -2.96. The third-order valence-electron chi connectivity index (χ3n) is 6.13. The molecule has 9 heteroatoms. The van der Waals surface area contributed by atoms with Gasteiger partial charge in [0.2, 0.25) is 5.82 Å². The second kappa shape index (κ2) is 11.6. The molecule has 0 fully saturated rings. The number of aromatic nitrogens is 2. The van der Waals surface area contributed by atoms with E-state index in [1.165, 1.54) is 11.1 Å². The Balaban J connectivity index is 0.00000342. The molecule has 2 aromatic carbocycles. The standard InChI is InChI=1S/C26H30N4O4.ClH/c1-16(2)33-24-7-5-19(12-20(24)13-27)26-28-25(29-34-26)23-6-4-18-8-10-30(14-21(32)15-31)11-9-22(18)17(23)3;/h4-7,12,16,21,31-32H,8-11,14-15H2,1-3H3;1H/t21-;/m0./s1. The van der Waals surface area contributed by atoms with Crippen LogP contribution < -0.4 is 4.74 Å². The van der Waals surface area contributed by atoms with Gasteiger partial charge in [-0.3, -0.25) is 0 Å². The monoisotopic (exact) mass is 498 g/mol. The van der Waals surface area contributed by atoms with Crippen molar-refractivity contribution in [2.45, 2.75) is 45.8 Å². The number of hydrogen-bond acceptors (Lipinski definition) is 8. The van der Waals surface area contributed by atoms with E-state index in [0.29, 0.717) is 35.1 Å². The van der Waals surface area contributed by atoms with Crippen molar-refractivity contribution in [3.63, 3.8) is 0 Å². The van der Waals surface area contributed by atoms with Crippen molar-refractivity contribution in [3.05, 3.63) is 52.6 Å². The second-order valence-electron chi connectivity index (χ2n) is 8.93. The Kier molecular flexibility index (Phi) is 8.87. The number of nitrogens with zero attached hydrogens (tertiary/aromatic N) is 4. The van der Waals surface area contributed by atoms with Crippen molar-refractivity contribution in [2.24, 2.45) is 0 Å². The first-order valence-electron chi connectivity index (χ1n) is 11.6. The van der Waals surface area contributed by atoms with Crippen molar-refractivity contribution in [3.8, 4) is 34.7 Å². The Morgan fingerprint density at radius 2 is 1.97 bits per heavy atom. The minimum Gasteiger partial charge on any atom is -0.490 e. The number of fused-ring (bicyclic) bond motifs is 1. The van der Waals surface area contributed by atoms with Gasteiger partial charge in [-0.1, -0.05) is 17.3 Å². The summed E-state index contributed by atoms with van der Waals surface area (Å²) in [4.78, 5) is 6.80. The summed E-state index contributed by atoms with van der Waals surface area (Å²) in [5.41, 5.74) is 5.67. The predicted molar refractivity (Wildman–Crippen MR) is 135 cm³/mol. The molecule has 0 unspecified atom stereocenters. The molecule has 186 valence electrons. The van der Waals surface area contributed by atoms with E-state index in [-0.39, 0.29) is 25.1 Å². The van der Waals surface area contributed by atoms with Gasteiger partial charge in [-0.05, 0) is 68.5 Å². The van der Waals surface area contributed by atoms with Gasteiger partial charge in [0.05, 0.1) is 24.4 Å². The summed E-state index contributed by atoms with van der Waals surface area (Å²) in [5.74, 6) is 1.39. The van der Waals surface area contributed by atoms with Crippen molar-refractivity contribution in [2.75, 3.05) is 26.2 Å². The lowest BCUT2D eigenvalue weighted by molar-refractivity contribution is 0.0604. The molecule has 3 aromatic rings. The molecule has 0 saturated heterocycles. The fraction of sp³-hybridized carbons (Fsp3) is 0.423. The summed E-state index contributed by atoms with van der Waals surface area (Å²) >= 11 is 0. The van der Waals surface area contributed by atoms with Crippen LogP contribution in [-0.4, -0.2) is 63.7 Å². The average molecular weight is 499 g/mol. The Labute approximate surface area is 211 Å². The first-order chi connectivity index (χ1) is 16.4. The average Bonchev–Trinajstić information content (AvgIpc) is 3.22. The third kappa shape index (κ3) is 6.00. The van der Waals surface area contributed by atoms with Gasteiger partial charge in [0.25, 0.3) is 5.89 Å². The van der Waals surface area contributed by atoms with E-state index < -0.39 is 6.10 Å². The van der Waals surface area contributed by atoms with Crippen LogP contribution in [0.25, 0.3) is 22.8 Å². The van der Waals surface area contributed by atoms with Crippen molar-refractivity contribution in [1.82, 2.24) is 15.0 Å². The Bertz CT molecular complexity index is 1200. The molecular formula is C26H31ClN4O4. The molecule has 2 N–H and O–H groups in total. The van der Waals surface area contributed by atoms with Crippen LogP contribution in [0.15, 0.2) is 34.9 Å². The molecule has 0 bridgehead atoms. The van der Waals surface area contributed by atoms with E-state index in [1.807, 2.05) is 26.0 Å². The van der Waals surface area contributed by atoms with E-state index in [1.54, 1.807) is 12.1 Å². The molecule has 0 spiro atoms. The molecular weight excluding hydrogens is 468 g/mol. The lowest BCUT2D eigenvalue weighted by Crippen LogP contribution is -2.36. The zero-order valence-corrected chi connectivity index (χ0v) is 21.0. The van der Waals surface area contributed by atoms with Crippen molar-refractivity contribution >= 4 is 12.4 Å². The minimum absolute atomic E-state index is 0. The molecule has 1 aliphatic rings. The quantitative estimate of drug-likeness (QED) is 0.508. The number of hydrogen-bond donors (Lipinski definition) is 2. The first kappa shape index (κ1) is 26.6. The fourth-order valence-electron chi connectivity index (χ4n) is 4.39. The molecule has 0 radical (unpaired) electrons. The molecule has 1 aliphatic heterocycles. The smallest absolute Gasteiger partial charge is 0.258 e. The third-order valence-corrected chi connectivity index (χ3v) is 6.13. The lowest BCUT2D eigenvalue weighted by Gasteiger charge is -2.21. The highest BCUT2D eigenvalue weighted by molar-refractivity contribution is 5.85. The number of aliphatic hydroxyl groups is 2. The van der Waals surface area contributed by atoms with Gasteiger partial charge in [-0.15, -0.1) is 12.4 Å². The van der Waals surface area contributed by atoms with Gasteiger partial charge in [0, 0.05) is 30.8 Å². The van der Waals surface area contributed by atoms with E-state index in [9.17, 15) is 10.4 Å². The number of halogens is 1. The van der Waals surface area contributed by atoms with E-state index in [0.717, 1.165) is 37.1 Å². The van der Waals surface area contributed by atoms with E-state index in [4.69, 9.17) is 14.4 Å². The van der Waals surface area contributed by atoms with E-state index in [2.05, 4.69) is 34.1 Å². The number of nitriles is 1. The molecule has 2 heterocycles. The minimum atomic E-state index is -0.719. The van der Waals surface area contributed by atoms with Gasteiger partial charge in [-0.25, -0.2) is 0 Å². The summed E-state index contributed by atoms with van der Waals surface area (Å²) in [6, 6.07) is 11.6. The molecule has 0 amide bonds. The predicted octanol–water partition coefficient (Wildman–Crippen LogP) is 3.55. The topological polar surface area (TPSA) is 116 Å². The van der Waals surface area contributed by atoms with Crippen LogP contribution >= 0.6 is 12.4 Å². The lowest BCUT2D eigenvalue weighted by atomic mass is 9.93. The number of benzene rings is 2. The molecule has 1 aromatic heterocycles. The van der Waals surface area contributed by atoms with Gasteiger partial charge >= 0.3 is 0 Å². The number of aliphatic hydroxyl groups excluding tert-OH is 2. The van der Waals surface area contributed by atoms with Crippen molar-refractivity contribution in [1.29, 1.82) is 5.26 Å². The number of rotatable bonds is 7. The maximum absolute atomic E-state index is 9.81. The van der Waals surface area contributed by atoms with Gasteiger partial charge in [-0.2, -0.15) is 10.2 Å². The molecule has 35 heavy (non-hydrogen) atoms. The van der Waals surface area contributed by atoms with Gasteiger partial charge in [0.15, 0.2) is 0 Å². The Morgan fingerprint density at radius 3 is 2.69 bits per heavy atom. The highest BCUT2D eigenvalue weighted by Crippen LogP contribution is 2.31. The van der Waals surface area contributed by atoms with Crippen LogP contribution in [-0.2, 0) is 12.8 Å². The molecule has 4 rings (SSSR count). The molecule has 0 aliphatic carbocycles. The summed E-state index contributed by atoms with van der Waals surface area (Å²) < 4.78 is 11.2. The summed E-state index contributed by atoms with van der Waals surface area (Å²) in [6.07, 6.45) is 0.980. The van der Waals surface area contributed by atoms with Crippen LogP contribution in [0.2, 0.25) is 0 Å². The van der Waals surface area contributed by atoms with Crippen LogP contribution in [0.1, 0.15) is 36.1 Å². The highest BCUT2D eigenvalue weighted by Gasteiger charge is 2.21. The summed E-state index contributed by atoms with van der Waals surface area (Å²) in [6.45, 7) is 7.80. The maximum atomic E-state index is 9.81. The largest absolute Gasteiger partial charge is 0.490 e.